The van der Waals surface area contributed by atoms with Crippen LogP contribution in [-0.4, -0.2) is 48.9 Å². The minimum absolute atomic E-state index is 0. The van der Waals surface area contributed by atoms with E-state index < -0.39 is 0 Å². The van der Waals surface area contributed by atoms with E-state index in [0.29, 0.717) is 18.9 Å². The number of nitrogens with one attached hydrogen (secondary N) is 2. The number of likely N-dealkylation sites (tertiary alicyclic amines) is 1. The molecule has 0 saturated carbocycles. The van der Waals surface area contributed by atoms with Gasteiger partial charge in [-0.15, -0.1) is 12.4 Å². The molecule has 2 atom stereocenters. The van der Waals surface area contributed by atoms with Crippen LogP contribution >= 0.6 is 12.4 Å². The summed E-state index contributed by atoms with van der Waals surface area (Å²) in [6.07, 6.45) is 2.17. The Morgan fingerprint density at radius 2 is 2.00 bits per heavy atom. The summed E-state index contributed by atoms with van der Waals surface area (Å²) < 4.78 is 0. The first kappa shape index (κ1) is 19.7. The number of carbonyl (C=O) groups excluding carboxylic acids is 2. The fourth-order valence-corrected chi connectivity index (χ4v) is 3.37. The second kappa shape index (κ2) is 9.20. The van der Waals surface area contributed by atoms with Crippen molar-refractivity contribution in [2.45, 2.75) is 32.2 Å². The molecular weight excluding hydrogens is 338 g/mol. The number of amides is 2. The second-order valence-corrected chi connectivity index (χ2v) is 7.03. The van der Waals surface area contributed by atoms with Crippen LogP contribution in [0.4, 0.5) is 0 Å². The molecule has 2 aliphatic heterocycles. The van der Waals surface area contributed by atoms with Crippen molar-refractivity contribution in [1.29, 1.82) is 0 Å². The van der Waals surface area contributed by atoms with Crippen molar-refractivity contribution < 1.29 is 9.59 Å². The number of benzene rings is 1. The van der Waals surface area contributed by atoms with Crippen LogP contribution in [0.5, 0.6) is 0 Å². The Bertz CT molecular complexity index is 577. The van der Waals surface area contributed by atoms with Crippen LogP contribution in [-0.2, 0) is 16.0 Å². The minimum Gasteiger partial charge on any atom is -0.351 e. The highest BCUT2D eigenvalue weighted by atomic mass is 35.5. The number of carbonyl (C=O) groups is 2. The van der Waals surface area contributed by atoms with Crippen molar-refractivity contribution in [1.82, 2.24) is 15.5 Å². The fourth-order valence-electron chi connectivity index (χ4n) is 3.37. The van der Waals surface area contributed by atoms with Gasteiger partial charge in [-0.05, 0) is 37.4 Å². The summed E-state index contributed by atoms with van der Waals surface area (Å²) in [5.74, 6) is 0.820. The molecule has 2 saturated heterocycles. The van der Waals surface area contributed by atoms with Gasteiger partial charge in [0, 0.05) is 31.5 Å². The largest absolute Gasteiger partial charge is 0.351 e. The molecule has 25 heavy (non-hydrogen) atoms. The number of nitrogens with zero attached hydrogens (tertiary/aromatic N) is 1. The Labute approximate surface area is 155 Å². The van der Waals surface area contributed by atoms with Gasteiger partial charge in [0.1, 0.15) is 0 Å². The topological polar surface area (TPSA) is 61.4 Å². The monoisotopic (exact) mass is 365 g/mol. The zero-order valence-corrected chi connectivity index (χ0v) is 15.6. The molecule has 2 unspecified atom stereocenters. The first-order valence-corrected chi connectivity index (χ1v) is 8.96. The van der Waals surface area contributed by atoms with Crippen LogP contribution in [0.15, 0.2) is 30.3 Å². The Morgan fingerprint density at radius 1 is 1.28 bits per heavy atom. The van der Waals surface area contributed by atoms with E-state index in [0.717, 1.165) is 32.5 Å². The molecule has 2 amide bonds. The lowest BCUT2D eigenvalue weighted by Gasteiger charge is -2.32. The molecule has 1 aromatic carbocycles. The van der Waals surface area contributed by atoms with Crippen LogP contribution in [0, 0.1) is 11.8 Å². The van der Waals surface area contributed by atoms with Crippen molar-refractivity contribution in [3.05, 3.63) is 35.9 Å². The van der Waals surface area contributed by atoms with Crippen molar-refractivity contribution in [2.75, 3.05) is 26.2 Å². The minimum atomic E-state index is 0. The Hall–Kier alpha value is -1.59. The van der Waals surface area contributed by atoms with E-state index in [2.05, 4.69) is 22.8 Å². The normalized spacial score (nSPS) is 21.2. The number of aryl methyl sites for hydroxylation is 1. The molecule has 2 heterocycles. The van der Waals surface area contributed by atoms with Gasteiger partial charge >= 0.3 is 0 Å². The highest BCUT2D eigenvalue weighted by Crippen LogP contribution is 2.18. The predicted octanol–water partition coefficient (Wildman–Crippen LogP) is 1.61. The van der Waals surface area contributed by atoms with E-state index in [1.165, 1.54) is 5.56 Å². The maximum Gasteiger partial charge on any atom is 0.223 e. The molecule has 0 aliphatic carbocycles. The quantitative estimate of drug-likeness (QED) is 0.805. The van der Waals surface area contributed by atoms with Crippen molar-refractivity contribution in [2.24, 2.45) is 11.8 Å². The van der Waals surface area contributed by atoms with Crippen LogP contribution in [0.2, 0.25) is 0 Å². The number of hydrogen-bond donors (Lipinski definition) is 2. The summed E-state index contributed by atoms with van der Waals surface area (Å²) in [5.41, 5.74) is 1.19. The van der Waals surface area contributed by atoms with E-state index >= 15 is 0 Å². The van der Waals surface area contributed by atoms with Gasteiger partial charge in [0.05, 0.1) is 0 Å². The lowest BCUT2D eigenvalue weighted by atomic mass is 9.88. The Morgan fingerprint density at radius 3 is 2.64 bits per heavy atom. The summed E-state index contributed by atoms with van der Waals surface area (Å²) in [6, 6.07) is 10.2. The average Bonchev–Trinajstić information content (AvgIpc) is 3.00. The summed E-state index contributed by atoms with van der Waals surface area (Å²) in [7, 11) is 0. The summed E-state index contributed by atoms with van der Waals surface area (Å²) in [5, 5.41) is 6.33. The highest BCUT2D eigenvalue weighted by molar-refractivity contribution is 5.85. The first-order chi connectivity index (χ1) is 11.6. The van der Waals surface area contributed by atoms with Gasteiger partial charge in [-0.2, -0.15) is 0 Å². The van der Waals surface area contributed by atoms with Crippen molar-refractivity contribution in [3.63, 3.8) is 0 Å². The van der Waals surface area contributed by atoms with Crippen LogP contribution in [0.3, 0.4) is 0 Å². The number of rotatable bonds is 6. The van der Waals surface area contributed by atoms with E-state index in [-0.39, 0.29) is 36.2 Å². The SMILES string of the molecule is CC(C(=O)NC1CCN(C(=O)CCc2ccccc2)C1)C1CNC1.Cl. The molecule has 138 valence electrons. The second-order valence-electron chi connectivity index (χ2n) is 7.03. The molecular formula is C19H28ClN3O2. The Kier molecular flexibility index (Phi) is 7.26. The van der Waals surface area contributed by atoms with E-state index in [1.54, 1.807) is 0 Å². The average molecular weight is 366 g/mol. The summed E-state index contributed by atoms with van der Waals surface area (Å²) in [6.45, 7) is 5.26. The van der Waals surface area contributed by atoms with Crippen LogP contribution < -0.4 is 10.6 Å². The molecule has 0 aromatic heterocycles. The third-order valence-corrected chi connectivity index (χ3v) is 5.29. The molecule has 0 radical (unpaired) electrons. The predicted molar refractivity (Wildman–Crippen MR) is 101 cm³/mol. The molecule has 0 bridgehead atoms. The van der Waals surface area contributed by atoms with Crippen LogP contribution in [0.1, 0.15) is 25.3 Å². The highest BCUT2D eigenvalue weighted by Gasteiger charge is 2.32. The third-order valence-electron chi connectivity index (χ3n) is 5.29. The van der Waals surface area contributed by atoms with E-state index in [9.17, 15) is 9.59 Å². The zero-order chi connectivity index (χ0) is 16.9. The molecule has 2 aliphatic rings. The lowest BCUT2D eigenvalue weighted by molar-refractivity contribution is -0.131. The standard InChI is InChI=1S/C19H27N3O2.ClH/c1-14(16-11-20-12-16)19(24)21-17-9-10-22(13-17)18(23)8-7-15-5-3-2-4-6-15;/h2-6,14,16-17,20H,7-13H2,1H3,(H,21,24);1H. The summed E-state index contributed by atoms with van der Waals surface area (Å²) in [4.78, 5) is 26.5. The van der Waals surface area contributed by atoms with Gasteiger partial charge in [-0.25, -0.2) is 0 Å². The number of hydrogen-bond acceptors (Lipinski definition) is 3. The molecule has 3 rings (SSSR count). The van der Waals surface area contributed by atoms with Gasteiger partial charge in [-0.1, -0.05) is 37.3 Å². The number of halogens is 1. The lowest BCUT2D eigenvalue weighted by Crippen LogP contribution is -2.51. The van der Waals surface area contributed by atoms with E-state index in [1.807, 2.05) is 30.0 Å². The van der Waals surface area contributed by atoms with Crippen LogP contribution in [0.25, 0.3) is 0 Å². The molecule has 5 nitrogen and oxygen atoms in total. The van der Waals surface area contributed by atoms with Gasteiger partial charge in [0.2, 0.25) is 11.8 Å². The van der Waals surface area contributed by atoms with Gasteiger partial charge < -0.3 is 15.5 Å². The van der Waals surface area contributed by atoms with Gasteiger partial charge in [-0.3, -0.25) is 9.59 Å². The van der Waals surface area contributed by atoms with Crippen molar-refractivity contribution in [3.8, 4) is 0 Å². The Balaban J connectivity index is 0.00000225. The van der Waals surface area contributed by atoms with Crippen molar-refractivity contribution >= 4 is 24.2 Å². The molecule has 1 aromatic rings. The third kappa shape index (κ3) is 5.19. The smallest absolute Gasteiger partial charge is 0.223 e. The zero-order valence-electron chi connectivity index (χ0n) is 14.7. The maximum atomic E-state index is 12.4. The molecule has 2 N–H and O–H groups in total. The first-order valence-electron chi connectivity index (χ1n) is 8.96. The van der Waals surface area contributed by atoms with Gasteiger partial charge in [0.25, 0.3) is 0 Å². The maximum absolute atomic E-state index is 12.4. The molecule has 6 heteroatoms. The molecule has 0 spiro atoms. The fraction of sp³-hybridized carbons (Fsp3) is 0.579. The van der Waals surface area contributed by atoms with E-state index in [4.69, 9.17) is 0 Å². The summed E-state index contributed by atoms with van der Waals surface area (Å²) >= 11 is 0. The van der Waals surface area contributed by atoms with Gasteiger partial charge in [0.15, 0.2) is 0 Å². The molecule has 2 fully saturated rings.